The predicted molar refractivity (Wildman–Crippen MR) is 89.7 cm³/mol. The Balaban J connectivity index is 1.83. The maximum atomic E-state index is 13.1. The topological polar surface area (TPSA) is 38.2 Å². The van der Waals surface area contributed by atoms with Crippen molar-refractivity contribution in [2.75, 3.05) is 25.1 Å². The van der Waals surface area contributed by atoms with Crippen molar-refractivity contribution in [1.82, 2.24) is 9.97 Å². The molecule has 0 unspecified atom stereocenters. The molecule has 0 aliphatic rings. The van der Waals surface area contributed by atoms with Crippen LogP contribution < -0.4 is 9.64 Å². The minimum atomic E-state index is -4.60. The molecule has 0 radical (unpaired) electrons. The van der Waals surface area contributed by atoms with Crippen molar-refractivity contribution >= 4 is 16.7 Å². The van der Waals surface area contributed by atoms with E-state index >= 15 is 0 Å². The third-order valence-corrected chi connectivity index (χ3v) is 3.64. The van der Waals surface area contributed by atoms with E-state index < -0.39 is 12.0 Å². The average Bonchev–Trinajstić information content (AvgIpc) is 2.61. The summed E-state index contributed by atoms with van der Waals surface area (Å²) in [7, 11) is 1.68. The van der Waals surface area contributed by atoms with E-state index in [0.717, 1.165) is 0 Å². The van der Waals surface area contributed by atoms with Crippen LogP contribution in [0.2, 0.25) is 0 Å². The van der Waals surface area contributed by atoms with E-state index in [0.29, 0.717) is 24.3 Å². The Morgan fingerprint density at radius 3 is 2.36 bits per heavy atom. The number of anilines is 1. The lowest BCUT2D eigenvalue weighted by atomic mass is 10.2. The molecule has 0 bridgehead atoms. The minimum absolute atomic E-state index is 0.231. The zero-order valence-corrected chi connectivity index (χ0v) is 13.5. The molecular formula is C18H16F3N3O. The molecular weight excluding hydrogens is 331 g/mol. The highest BCUT2D eigenvalue weighted by atomic mass is 19.4. The molecule has 0 saturated heterocycles. The largest absolute Gasteiger partial charge is 0.492 e. The molecule has 130 valence electrons. The fourth-order valence-electron chi connectivity index (χ4n) is 2.40. The van der Waals surface area contributed by atoms with Gasteiger partial charge in [-0.3, -0.25) is 0 Å². The molecule has 0 fully saturated rings. The third kappa shape index (κ3) is 3.99. The molecule has 1 aromatic heterocycles. The fraction of sp³-hybridized carbons (Fsp3) is 0.222. The lowest BCUT2D eigenvalue weighted by Gasteiger charge is -2.21. The molecule has 7 heteroatoms. The molecule has 0 amide bonds. The first-order valence-corrected chi connectivity index (χ1v) is 7.68. The molecule has 0 atom stereocenters. The van der Waals surface area contributed by atoms with Gasteiger partial charge in [-0.2, -0.15) is 13.2 Å². The monoisotopic (exact) mass is 347 g/mol. The van der Waals surface area contributed by atoms with Crippen molar-refractivity contribution in [3.8, 4) is 5.75 Å². The number of nitrogens with zero attached hydrogens (tertiary/aromatic N) is 3. The van der Waals surface area contributed by atoms with E-state index in [-0.39, 0.29) is 11.3 Å². The molecule has 25 heavy (non-hydrogen) atoms. The highest BCUT2D eigenvalue weighted by molar-refractivity contribution is 5.89. The summed E-state index contributed by atoms with van der Waals surface area (Å²) in [6.45, 7) is 0.702. The van der Waals surface area contributed by atoms with Gasteiger partial charge in [-0.25, -0.2) is 9.97 Å². The summed E-state index contributed by atoms with van der Waals surface area (Å²) in [6.07, 6.45) is -4.60. The highest BCUT2D eigenvalue weighted by Gasteiger charge is 2.35. The van der Waals surface area contributed by atoms with E-state index in [9.17, 15) is 13.2 Å². The van der Waals surface area contributed by atoms with Crippen LogP contribution in [0.5, 0.6) is 5.75 Å². The Kier molecular flexibility index (Phi) is 4.74. The molecule has 0 aliphatic carbocycles. The first kappa shape index (κ1) is 17.0. The summed E-state index contributed by atoms with van der Waals surface area (Å²) < 4.78 is 44.8. The van der Waals surface area contributed by atoms with Crippen molar-refractivity contribution < 1.29 is 17.9 Å². The number of hydrogen-bond donors (Lipinski definition) is 0. The molecule has 0 N–H and O–H groups in total. The lowest BCUT2D eigenvalue weighted by Crippen LogP contribution is -2.26. The molecule has 3 rings (SSSR count). The summed E-state index contributed by atoms with van der Waals surface area (Å²) in [5.41, 5.74) is 0.260. The Hall–Kier alpha value is -2.83. The highest BCUT2D eigenvalue weighted by Crippen LogP contribution is 2.31. The normalized spacial score (nSPS) is 11.5. The molecule has 1 heterocycles. The van der Waals surface area contributed by atoms with Crippen LogP contribution in [0.25, 0.3) is 10.9 Å². The summed E-state index contributed by atoms with van der Waals surface area (Å²) in [5, 5.41) is 0.567. The number of halogens is 3. The van der Waals surface area contributed by atoms with Crippen molar-refractivity contribution in [2.24, 2.45) is 0 Å². The number of rotatable bonds is 5. The van der Waals surface area contributed by atoms with Gasteiger partial charge in [-0.05, 0) is 24.3 Å². The summed E-state index contributed by atoms with van der Waals surface area (Å²) in [4.78, 5) is 9.00. The Morgan fingerprint density at radius 1 is 0.960 bits per heavy atom. The zero-order valence-electron chi connectivity index (χ0n) is 13.5. The summed E-state index contributed by atoms with van der Waals surface area (Å²) in [5.74, 6) is -0.203. The van der Waals surface area contributed by atoms with Crippen LogP contribution in [-0.2, 0) is 6.18 Å². The fourth-order valence-corrected chi connectivity index (χ4v) is 2.40. The van der Waals surface area contributed by atoms with Crippen molar-refractivity contribution in [2.45, 2.75) is 6.18 Å². The van der Waals surface area contributed by atoms with Crippen molar-refractivity contribution in [3.05, 3.63) is 60.4 Å². The van der Waals surface area contributed by atoms with Gasteiger partial charge in [0, 0.05) is 12.4 Å². The number of benzene rings is 2. The van der Waals surface area contributed by atoms with Crippen LogP contribution in [-0.4, -0.2) is 30.2 Å². The van der Waals surface area contributed by atoms with Crippen LogP contribution in [0.1, 0.15) is 5.82 Å². The van der Waals surface area contributed by atoms with Gasteiger partial charge in [0.25, 0.3) is 0 Å². The van der Waals surface area contributed by atoms with Gasteiger partial charge in [0.05, 0.1) is 12.1 Å². The van der Waals surface area contributed by atoms with Gasteiger partial charge in [0.2, 0.25) is 5.82 Å². The third-order valence-electron chi connectivity index (χ3n) is 3.64. The van der Waals surface area contributed by atoms with Gasteiger partial charge < -0.3 is 9.64 Å². The second kappa shape index (κ2) is 6.96. The van der Waals surface area contributed by atoms with E-state index in [1.54, 1.807) is 36.2 Å². The quantitative estimate of drug-likeness (QED) is 0.694. The van der Waals surface area contributed by atoms with E-state index in [4.69, 9.17) is 4.74 Å². The molecule has 3 aromatic rings. The molecule has 2 aromatic carbocycles. The molecule has 0 spiro atoms. The van der Waals surface area contributed by atoms with Gasteiger partial charge in [0.1, 0.15) is 18.2 Å². The summed E-state index contributed by atoms with van der Waals surface area (Å²) >= 11 is 0. The number of ether oxygens (including phenoxy) is 1. The van der Waals surface area contributed by atoms with Gasteiger partial charge in [0.15, 0.2) is 0 Å². The van der Waals surface area contributed by atoms with Crippen LogP contribution in [0.3, 0.4) is 0 Å². The van der Waals surface area contributed by atoms with Gasteiger partial charge in [-0.15, -0.1) is 0 Å². The van der Waals surface area contributed by atoms with Gasteiger partial charge >= 0.3 is 6.18 Å². The maximum Gasteiger partial charge on any atom is 0.451 e. The lowest BCUT2D eigenvalue weighted by molar-refractivity contribution is -0.144. The number of hydrogen-bond acceptors (Lipinski definition) is 4. The maximum absolute atomic E-state index is 13.1. The predicted octanol–water partition coefficient (Wildman–Crippen LogP) is 4.16. The van der Waals surface area contributed by atoms with Crippen molar-refractivity contribution in [3.63, 3.8) is 0 Å². The smallest absolute Gasteiger partial charge is 0.451 e. The van der Waals surface area contributed by atoms with Gasteiger partial charge in [-0.1, -0.05) is 30.3 Å². The number of likely N-dealkylation sites (N-methyl/N-ethyl adjacent to an activating group) is 1. The first-order chi connectivity index (χ1) is 11.9. The van der Waals surface area contributed by atoms with Crippen LogP contribution in [0, 0.1) is 0 Å². The van der Waals surface area contributed by atoms with Crippen molar-refractivity contribution in [1.29, 1.82) is 0 Å². The Bertz CT molecular complexity index is 853. The van der Waals surface area contributed by atoms with E-state index in [1.807, 2.05) is 30.3 Å². The molecule has 0 saturated carbocycles. The van der Waals surface area contributed by atoms with E-state index in [1.165, 1.54) is 0 Å². The van der Waals surface area contributed by atoms with Crippen LogP contribution in [0.15, 0.2) is 54.6 Å². The minimum Gasteiger partial charge on any atom is -0.492 e. The van der Waals surface area contributed by atoms with Crippen LogP contribution in [0.4, 0.5) is 19.0 Å². The number of alkyl halides is 3. The second-order valence-electron chi connectivity index (χ2n) is 5.47. The second-order valence-corrected chi connectivity index (χ2v) is 5.47. The summed E-state index contributed by atoms with van der Waals surface area (Å²) in [6, 6.07) is 15.9. The standard InChI is InChI=1S/C18H16F3N3O/c1-24(11-12-25-13-7-3-2-4-8-13)16-14-9-5-6-10-15(14)22-17(23-16)18(19,20)21/h2-10H,11-12H2,1H3. The number of fused-ring (bicyclic) bond motifs is 1. The van der Waals surface area contributed by atoms with Crippen LogP contribution >= 0.6 is 0 Å². The average molecular weight is 347 g/mol. The SMILES string of the molecule is CN(CCOc1ccccc1)c1nc(C(F)(F)F)nc2ccccc12. The Morgan fingerprint density at radius 2 is 1.64 bits per heavy atom. The Labute approximate surface area is 142 Å². The zero-order chi connectivity index (χ0) is 17.9. The first-order valence-electron chi connectivity index (χ1n) is 7.68. The number of aromatic nitrogens is 2. The number of para-hydroxylation sites is 2. The molecule has 4 nitrogen and oxygen atoms in total. The van der Waals surface area contributed by atoms with E-state index in [2.05, 4.69) is 9.97 Å². The molecule has 0 aliphatic heterocycles.